The fraction of sp³-hybridized carbons (Fsp3) is 0. The SMILES string of the molecule is O=C(Nc1cccc(-c2csc(-c3ccncc3)n2)c1)c1cc2ccccc2oc1=O. The quantitative estimate of drug-likeness (QED) is 0.399. The number of para-hydroxylation sites is 1. The van der Waals surface area contributed by atoms with Crippen LogP contribution < -0.4 is 10.9 Å². The first-order valence-corrected chi connectivity index (χ1v) is 10.4. The Kier molecular flexibility index (Phi) is 4.86. The van der Waals surface area contributed by atoms with Gasteiger partial charge in [-0.25, -0.2) is 9.78 Å². The number of thiazole rings is 1. The van der Waals surface area contributed by atoms with Crippen LogP contribution in [-0.2, 0) is 0 Å². The van der Waals surface area contributed by atoms with Gasteiger partial charge < -0.3 is 9.73 Å². The predicted molar refractivity (Wildman–Crippen MR) is 121 cm³/mol. The predicted octanol–water partition coefficient (Wildman–Crippen LogP) is 5.23. The molecule has 3 heterocycles. The number of carbonyl (C=O) groups is 1. The number of carbonyl (C=O) groups excluding carboxylic acids is 1. The van der Waals surface area contributed by atoms with Gasteiger partial charge >= 0.3 is 5.63 Å². The van der Waals surface area contributed by atoms with Crippen molar-refractivity contribution in [3.63, 3.8) is 0 Å². The van der Waals surface area contributed by atoms with Crippen LogP contribution in [0.4, 0.5) is 5.69 Å². The lowest BCUT2D eigenvalue weighted by Gasteiger charge is -2.07. The summed E-state index contributed by atoms with van der Waals surface area (Å²) in [5.41, 5.74) is 2.96. The van der Waals surface area contributed by atoms with Gasteiger partial charge in [-0.3, -0.25) is 9.78 Å². The highest BCUT2D eigenvalue weighted by Crippen LogP contribution is 2.29. The molecule has 0 atom stereocenters. The van der Waals surface area contributed by atoms with Crippen molar-refractivity contribution >= 4 is 33.9 Å². The third kappa shape index (κ3) is 3.86. The van der Waals surface area contributed by atoms with Crippen LogP contribution in [0.2, 0.25) is 0 Å². The van der Waals surface area contributed by atoms with Crippen molar-refractivity contribution in [3.05, 3.63) is 100 Å². The molecule has 0 spiro atoms. The Balaban J connectivity index is 1.41. The smallest absolute Gasteiger partial charge is 0.349 e. The molecule has 5 rings (SSSR count). The van der Waals surface area contributed by atoms with E-state index < -0.39 is 11.5 Å². The summed E-state index contributed by atoms with van der Waals surface area (Å²) in [6, 6.07) is 19.8. The highest BCUT2D eigenvalue weighted by atomic mass is 32.1. The zero-order valence-corrected chi connectivity index (χ0v) is 16.9. The minimum atomic E-state index is -0.672. The molecular formula is C24H15N3O3S. The Morgan fingerprint density at radius 2 is 1.77 bits per heavy atom. The van der Waals surface area contributed by atoms with Crippen molar-refractivity contribution in [2.24, 2.45) is 0 Å². The number of pyridine rings is 1. The maximum absolute atomic E-state index is 12.7. The number of amides is 1. The van der Waals surface area contributed by atoms with Gasteiger partial charge in [0, 0.05) is 40.0 Å². The summed E-state index contributed by atoms with van der Waals surface area (Å²) in [4.78, 5) is 33.7. The summed E-state index contributed by atoms with van der Waals surface area (Å²) in [5.74, 6) is -0.521. The summed E-state index contributed by atoms with van der Waals surface area (Å²) in [7, 11) is 0. The number of hydrogen-bond donors (Lipinski definition) is 1. The van der Waals surface area contributed by atoms with E-state index in [9.17, 15) is 9.59 Å². The molecule has 3 aromatic heterocycles. The van der Waals surface area contributed by atoms with Crippen molar-refractivity contribution in [3.8, 4) is 21.8 Å². The molecule has 2 aromatic carbocycles. The van der Waals surface area contributed by atoms with Gasteiger partial charge in [-0.15, -0.1) is 11.3 Å². The van der Waals surface area contributed by atoms with E-state index in [4.69, 9.17) is 9.40 Å². The summed E-state index contributed by atoms with van der Waals surface area (Å²) in [6.45, 7) is 0. The Hall–Kier alpha value is -4.10. The second kappa shape index (κ2) is 7.97. The maximum atomic E-state index is 12.7. The number of fused-ring (bicyclic) bond motifs is 1. The van der Waals surface area contributed by atoms with Crippen LogP contribution in [0.5, 0.6) is 0 Å². The second-order valence-corrected chi connectivity index (χ2v) is 7.65. The molecule has 1 amide bonds. The van der Waals surface area contributed by atoms with E-state index in [1.165, 1.54) is 11.3 Å². The largest absolute Gasteiger partial charge is 0.422 e. The fourth-order valence-electron chi connectivity index (χ4n) is 3.21. The van der Waals surface area contributed by atoms with E-state index in [1.807, 2.05) is 41.8 Å². The van der Waals surface area contributed by atoms with Gasteiger partial charge in [0.05, 0.1) is 5.69 Å². The molecule has 6 nitrogen and oxygen atoms in total. The van der Waals surface area contributed by atoms with Gasteiger partial charge in [0.1, 0.15) is 16.2 Å². The molecule has 31 heavy (non-hydrogen) atoms. The standard InChI is InChI=1S/C24H15N3O3S/c28-22(19-13-17-4-1-2-7-21(17)30-24(19)29)26-18-6-3-5-16(12-18)20-14-31-23(27-20)15-8-10-25-11-9-15/h1-14H,(H,26,28). The fourth-order valence-corrected chi connectivity index (χ4v) is 4.04. The lowest BCUT2D eigenvalue weighted by molar-refractivity contribution is 0.102. The van der Waals surface area contributed by atoms with Gasteiger partial charge in [-0.1, -0.05) is 30.3 Å². The first-order valence-electron chi connectivity index (χ1n) is 9.48. The molecule has 0 aliphatic rings. The molecule has 7 heteroatoms. The number of benzene rings is 2. The summed E-state index contributed by atoms with van der Waals surface area (Å²) >= 11 is 1.54. The highest BCUT2D eigenvalue weighted by Gasteiger charge is 2.15. The topological polar surface area (TPSA) is 85.1 Å². The highest BCUT2D eigenvalue weighted by molar-refractivity contribution is 7.13. The average Bonchev–Trinajstić information content (AvgIpc) is 3.30. The van der Waals surface area contributed by atoms with Crippen molar-refractivity contribution in [2.45, 2.75) is 0 Å². The van der Waals surface area contributed by atoms with Gasteiger partial charge in [-0.2, -0.15) is 0 Å². The van der Waals surface area contributed by atoms with Crippen LogP contribution in [0.15, 0.2) is 93.7 Å². The second-order valence-electron chi connectivity index (χ2n) is 6.79. The van der Waals surface area contributed by atoms with Crippen LogP contribution in [0.3, 0.4) is 0 Å². The van der Waals surface area contributed by atoms with E-state index in [2.05, 4.69) is 10.3 Å². The number of nitrogens with one attached hydrogen (secondary N) is 1. The summed E-state index contributed by atoms with van der Waals surface area (Å²) in [5, 5.41) is 6.32. The molecule has 0 aliphatic carbocycles. The minimum absolute atomic E-state index is 0.0438. The molecule has 0 saturated heterocycles. The van der Waals surface area contributed by atoms with Crippen molar-refractivity contribution in [1.82, 2.24) is 9.97 Å². The van der Waals surface area contributed by atoms with Crippen LogP contribution in [0.25, 0.3) is 32.8 Å². The molecule has 0 saturated carbocycles. The molecule has 1 N–H and O–H groups in total. The van der Waals surface area contributed by atoms with E-state index >= 15 is 0 Å². The van der Waals surface area contributed by atoms with Crippen molar-refractivity contribution in [1.29, 1.82) is 0 Å². The zero-order chi connectivity index (χ0) is 21.2. The maximum Gasteiger partial charge on any atom is 0.349 e. The van der Waals surface area contributed by atoms with Gasteiger partial charge in [0.25, 0.3) is 5.91 Å². The average molecular weight is 425 g/mol. The van der Waals surface area contributed by atoms with Gasteiger partial charge in [-0.05, 0) is 36.4 Å². The molecule has 0 aliphatic heterocycles. The third-order valence-electron chi connectivity index (χ3n) is 4.73. The normalized spacial score (nSPS) is 10.8. The van der Waals surface area contributed by atoms with Gasteiger partial charge in [0.2, 0.25) is 0 Å². The Bertz CT molecular complexity index is 1460. The number of hydrogen-bond acceptors (Lipinski definition) is 6. The van der Waals surface area contributed by atoms with E-state index in [0.29, 0.717) is 16.7 Å². The van der Waals surface area contributed by atoms with E-state index in [-0.39, 0.29) is 5.56 Å². The van der Waals surface area contributed by atoms with Crippen molar-refractivity contribution in [2.75, 3.05) is 5.32 Å². The van der Waals surface area contributed by atoms with Crippen LogP contribution in [0.1, 0.15) is 10.4 Å². The van der Waals surface area contributed by atoms with Crippen molar-refractivity contribution < 1.29 is 9.21 Å². The minimum Gasteiger partial charge on any atom is -0.422 e. The number of nitrogens with zero attached hydrogens (tertiary/aromatic N) is 2. The lowest BCUT2D eigenvalue weighted by Crippen LogP contribution is -2.20. The Morgan fingerprint density at radius 3 is 2.65 bits per heavy atom. The van der Waals surface area contributed by atoms with Crippen LogP contribution in [-0.4, -0.2) is 15.9 Å². The Morgan fingerprint density at radius 1 is 0.935 bits per heavy atom. The molecular weight excluding hydrogens is 410 g/mol. The molecule has 0 fully saturated rings. The monoisotopic (exact) mass is 425 g/mol. The molecule has 5 aromatic rings. The van der Waals surface area contributed by atoms with E-state index in [0.717, 1.165) is 21.8 Å². The number of anilines is 1. The first kappa shape index (κ1) is 18.9. The third-order valence-corrected chi connectivity index (χ3v) is 5.63. The summed E-state index contributed by atoms with van der Waals surface area (Å²) in [6.07, 6.45) is 3.46. The lowest BCUT2D eigenvalue weighted by atomic mass is 10.1. The van der Waals surface area contributed by atoms with Gasteiger partial charge in [0.15, 0.2) is 0 Å². The molecule has 0 unspecified atom stereocenters. The van der Waals surface area contributed by atoms with Crippen LogP contribution in [0, 0.1) is 0 Å². The Labute approximate surface area is 180 Å². The number of rotatable bonds is 4. The first-order chi connectivity index (χ1) is 15.2. The summed E-state index contributed by atoms with van der Waals surface area (Å²) < 4.78 is 5.26. The van der Waals surface area contributed by atoms with Crippen LogP contribution >= 0.6 is 11.3 Å². The molecule has 0 bridgehead atoms. The number of aromatic nitrogens is 2. The zero-order valence-electron chi connectivity index (χ0n) is 16.1. The molecule has 0 radical (unpaired) electrons. The van der Waals surface area contributed by atoms with E-state index in [1.54, 1.807) is 42.7 Å². The molecule has 150 valence electrons.